The zero-order valence-electron chi connectivity index (χ0n) is 15.2. The van der Waals surface area contributed by atoms with Crippen molar-refractivity contribution >= 4 is 5.91 Å². The number of benzene rings is 2. The van der Waals surface area contributed by atoms with Gasteiger partial charge >= 0.3 is 0 Å². The average Bonchev–Trinajstić information content (AvgIpc) is 3.15. The van der Waals surface area contributed by atoms with Crippen LogP contribution < -0.4 is 0 Å². The Balaban J connectivity index is 1.51. The van der Waals surface area contributed by atoms with Crippen LogP contribution in [-0.4, -0.2) is 31.3 Å². The first-order valence-corrected chi connectivity index (χ1v) is 9.10. The monoisotopic (exact) mass is 362 g/mol. The van der Waals surface area contributed by atoms with Crippen LogP contribution in [0, 0.1) is 12.7 Å². The summed E-state index contributed by atoms with van der Waals surface area (Å²) in [4.78, 5) is 14.7. The van der Waals surface area contributed by atoms with Gasteiger partial charge in [0.15, 0.2) is 0 Å². The van der Waals surface area contributed by atoms with Crippen molar-refractivity contribution in [3.05, 3.63) is 65.1 Å². The Labute approximate surface area is 156 Å². The highest BCUT2D eigenvalue weighted by Gasteiger charge is 2.48. The molecular weight excluding hydrogens is 343 g/mol. The number of carbonyl (C=O) groups excluding carboxylic acids is 1. The highest BCUT2D eigenvalue weighted by Crippen LogP contribution is 2.45. The number of carbonyl (C=O) groups is 1. The molecule has 27 heavy (non-hydrogen) atoms. The molecule has 0 unspecified atom stereocenters. The van der Waals surface area contributed by atoms with Gasteiger partial charge in [-0.2, -0.15) is 0 Å². The van der Waals surface area contributed by atoms with Gasteiger partial charge < -0.3 is 4.90 Å². The lowest BCUT2D eigenvalue weighted by Gasteiger charge is -2.23. The van der Waals surface area contributed by atoms with Crippen molar-refractivity contribution in [3.63, 3.8) is 0 Å². The predicted octanol–water partition coefficient (Wildman–Crippen LogP) is 3.89. The van der Waals surface area contributed by atoms with E-state index < -0.39 is 0 Å². The van der Waals surface area contributed by atoms with E-state index in [0.717, 1.165) is 46.6 Å². The third-order valence-corrected chi connectivity index (χ3v) is 5.77. The summed E-state index contributed by atoms with van der Waals surface area (Å²) in [5.41, 5.74) is 5.20. The van der Waals surface area contributed by atoms with Gasteiger partial charge in [-0.25, -0.2) is 9.07 Å². The van der Waals surface area contributed by atoms with Crippen LogP contribution in [0.2, 0.25) is 0 Å². The lowest BCUT2D eigenvalue weighted by Crippen LogP contribution is -2.34. The van der Waals surface area contributed by atoms with Crippen molar-refractivity contribution in [3.8, 4) is 16.9 Å². The lowest BCUT2D eigenvalue weighted by atomic mass is 10.0. The Kier molecular flexibility index (Phi) is 3.29. The van der Waals surface area contributed by atoms with Gasteiger partial charge in [0.25, 0.3) is 5.91 Å². The average molecular weight is 362 g/mol. The second-order valence-corrected chi connectivity index (χ2v) is 7.67. The normalized spacial score (nSPS) is 17.3. The maximum Gasteiger partial charge on any atom is 0.254 e. The Morgan fingerprint density at radius 2 is 1.85 bits per heavy atom. The van der Waals surface area contributed by atoms with E-state index in [1.165, 1.54) is 12.1 Å². The minimum absolute atomic E-state index is 0.0257. The molecule has 136 valence electrons. The summed E-state index contributed by atoms with van der Waals surface area (Å²) in [6.45, 7) is 4.74. The minimum Gasteiger partial charge on any atom is -0.329 e. The highest BCUT2D eigenvalue weighted by atomic mass is 19.1. The molecule has 0 radical (unpaired) electrons. The molecule has 1 aromatic heterocycles. The Hall–Kier alpha value is -3.02. The van der Waals surface area contributed by atoms with Gasteiger partial charge in [-0.05, 0) is 68.7 Å². The Bertz CT molecular complexity index is 1070. The molecule has 0 spiro atoms. The second-order valence-electron chi connectivity index (χ2n) is 7.67. The molecule has 3 aromatic rings. The van der Waals surface area contributed by atoms with E-state index in [1.807, 2.05) is 30.0 Å². The van der Waals surface area contributed by atoms with Crippen LogP contribution in [0.15, 0.2) is 42.5 Å². The third kappa shape index (κ3) is 2.47. The van der Waals surface area contributed by atoms with Gasteiger partial charge in [0.2, 0.25) is 0 Å². The fourth-order valence-corrected chi connectivity index (χ4v) is 3.78. The van der Waals surface area contributed by atoms with Crippen LogP contribution >= 0.6 is 0 Å². The molecule has 0 saturated heterocycles. The predicted molar refractivity (Wildman–Crippen MR) is 99.0 cm³/mol. The lowest BCUT2D eigenvalue weighted by molar-refractivity contribution is 0.0693. The van der Waals surface area contributed by atoms with Crippen LogP contribution in [0.5, 0.6) is 0 Å². The molecular formula is C21H19FN4O. The third-order valence-electron chi connectivity index (χ3n) is 5.77. The van der Waals surface area contributed by atoms with Crippen molar-refractivity contribution in [2.75, 3.05) is 0 Å². The van der Waals surface area contributed by atoms with Crippen LogP contribution in [0.1, 0.15) is 41.4 Å². The fourth-order valence-electron chi connectivity index (χ4n) is 3.78. The molecule has 2 aliphatic rings. The van der Waals surface area contributed by atoms with Gasteiger partial charge in [-0.1, -0.05) is 11.3 Å². The summed E-state index contributed by atoms with van der Waals surface area (Å²) in [5.74, 6) is -0.155. The summed E-state index contributed by atoms with van der Waals surface area (Å²) in [6, 6.07) is 12.0. The molecule has 2 aromatic carbocycles. The van der Waals surface area contributed by atoms with Crippen molar-refractivity contribution in [2.24, 2.45) is 0 Å². The summed E-state index contributed by atoms with van der Waals surface area (Å²) >= 11 is 0. The molecule has 1 saturated carbocycles. The molecule has 0 N–H and O–H groups in total. The van der Waals surface area contributed by atoms with Gasteiger partial charge in [-0.3, -0.25) is 4.79 Å². The van der Waals surface area contributed by atoms with Crippen LogP contribution in [0.3, 0.4) is 0 Å². The maximum atomic E-state index is 13.2. The first-order valence-electron chi connectivity index (χ1n) is 9.10. The van der Waals surface area contributed by atoms with E-state index in [0.29, 0.717) is 6.54 Å². The minimum atomic E-state index is -0.283. The molecule has 1 amide bonds. The standard InChI is InChI=1S/C21H19FN4O/c1-13-19(23-24-26(13)17-6-4-16(22)5-7-17)14-3-8-18-15(11-14)12-25(20(18)27)21(2)9-10-21/h3-8,11H,9-10,12H2,1-2H3. The molecule has 5 nitrogen and oxygen atoms in total. The molecule has 5 rings (SSSR count). The molecule has 6 heteroatoms. The number of amides is 1. The van der Waals surface area contributed by atoms with E-state index in [9.17, 15) is 9.18 Å². The number of rotatable bonds is 3. The van der Waals surface area contributed by atoms with E-state index in [1.54, 1.807) is 16.8 Å². The van der Waals surface area contributed by atoms with Gasteiger partial charge in [0, 0.05) is 23.2 Å². The fraction of sp³-hybridized carbons (Fsp3) is 0.286. The number of aromatic nitrogens is 3. The topological polar surface area (TPSA) is 51.0 Å². The van der Waals surface area contributed by atoms with Crippen LogP contribution in [0.25, 0.3) is 16.9 Å². The summed E-state index contributed by atoms with van der Waals surface area (Å²) in [5, 5.41) is 8.56. The number of hydrogen-bond acceptors (Lipinski definition) is 3. The molecule has 0 bridgehead atoms. The molecule has 1 aliphatic heterocycles. The Morgan fingerprint density at radius 1 is 1.11 bits per heavy atom. The number of nitrogens with zero attached hydrogens (tertiary/aromatic N) is 4. The van der Waals surface area contributed by atoms with Gasteiger partial charge in [-0.15, -0.1) is 5.10 Å². The van der Waals surface area contributed by atoms with Crippen LogP contribution in [-0.2, 0) is 6.54 Å². The second kappa shape index (κ2) is 5.49. The summed E-state index contributed by atoms with van der Waals surface area (Å²) in [7, 11) is 0. The number of halogens is 1. The first-order chi connectivity index (χ1) is 13.0. The summed E-state index contributed by atoms with van der Waals surface area (Å²) < 4.78 is 14.9. The van der Waals surface area contributed by atoms with Crippen molar-refractivity contribution in [1.29, 1.82) is 0 Å². The van der Waals surface area contributed by atoms with Crippen molar-refractivity contribution in [2.45, 2.75) is 38.8 Å². The van der Waals surface area contributed by atoms with Crippen molar-refractivity contribution < 1.29 is 9.18 Å². The zero-order chi connectivity index (χ0) is 18.8. The van der Waals surface area contributed by atoms with Gasteiger partial charge in [0.05, 0.1) is 11.4 Å². The highest BCUT2D eigenvalue weighted by molar-refractivity contribution is 5.99. The maximum absolute atomic E-state index is 13.2. The number of hydrogen-bond donors (Lipinski definition) is 0. The van der Waals surface area contributed by atoms with E-state index in [2.05, 4.69) is 17.2 Å². The quantitative estimate of drug-likeness (QED) is 0.710. The molecule has 1 aliphatic carbocycles. The largest absolute Gasteiger partial charge is 0.329 e. The molecule has 2 heterocycles. The van der Waals surface area contributed by atoms with E-state index >= 15 is 0 Å². The Morgan fingerprint density at radius 3 is 2.56 bits per heavy atom. The van der Waals surface area contributed by atoms with E-state index in [-0.39, 0.29) is 17.3 Å². The number of fused-ring (bicyclic) bond motifs is 1. The molecule has 1 fully saturated rings. The van der Waals surface area contributed by atoms with E-state index in [4.69, 9.17) is 0 Å². The first kappa shape index (κ1) is 16.2. The SMILES string of the molecule is Cc1c(-c2ccc3c(c2)CN(C2(C)CC2)C3=O)nnn1-c1ccc(F)cc1. The summed E-state index contributed by atoms with van der Waals surface area (Å²) in [6.07, 6.45) is 2.15. The van der Waals surface area contributed by atoms with Gasteiger partial charge in [0.1, 0.15) is 11.5 Å². The smallest absolute Gasteiger partial charge is 0.254 e. The zero-order valence-corrected chi connectivity index (χ0v) is 15.2. The van der Waals surface area contributed by atoms with Crippen LogP contribution in [0.4, 0.5) is 4.39 Å². The van der Waals surface area contributed by atoms with Crippen molar-refractivity contribution in [1.82, 2.24) is 19.9 Å². The molecule has 0 atom stereocenters.